The zero-order valence-corrected chi connectivity index (χ0v) is 14.2. The molecule has 110 valence electrons. The van der Waals surface area contributed by atoms with Crippen molar-refractivity contribution < 1.29 is 4.74 Å². The molecule has 0 aliphatic rings. The second-order valence-electron chi connectivity index (χ2n) is 4.85. The van der Waals surface area contributed by atoms with Gasteiger partial charge in [0.05, 0.1) is 22.0 Å². The van der Waals surface area contributed by atoms with E-state index in [1.54, 1.807) is 7.11 Å². The molecule has 19 heavy (non-hydrogen) atoms. The fourth-order valence-electron chi connectivity index (χ4n) is 2.25. The van der Waals surface area contributed by atoms with Crippen LogP contribution in [0.4, 0.5) is 0 Å². The normalized spacial score (nSPS) is 14.6. The summed E-state index contributed by atoms with van der Waals surface area (Å²) in [5.74, 6) is 0. The maximum absolute atomic E-state index is 5.36. The Morgan fingerprint density at radius 2 is 2.11 bits per heavy atom. The Bertz CT molecular complexity index is 392. The van der Waals surface area contributed by atoms with Gasteiger partial charge in [-0.05, 0) is 49.7 Å². The van der Waals surface area contributed by atoms with Crippen LogP contribution in [0.5, 0.6) is 0 Å². The summed E-state index contributed by atoms with van der Waals surface area (Å²) in [6.07, 6.45) is 3.18. The fourth-order valence-corrected chi connectivity index (χ4v) is 2.97. The molecular formula is C14H26BrN3O. The van der Waals surface area contributed by atoms with Gasteiger partial charge in [-0.15, -0.1) is 0 Å². The maximum atomic E-state index is 5.36. The molecule has 2 unspecified atom stereocenters. The van der Waals surface area contributed by atoms with Gasteiger partial charge in [0.25, 0.3) is 0 Å². The number of methoxy groups -OCH3 is 1. The monoisotopic (exact) mass is 331 g/mol. The lowest BCUT2D eigenvalue weighted by molar-refractivity contribution is 0.101. The quantitative estimate of drug-likeness (QED) is 0.796. The molecule has 1 N–H and O–H groups in total. The summed E-state index contributed by atoms with van der Waals surface area (Å²) in [6, 6.07) is 0.401. The molecule has 1 aromatic heterocycles. The van der Waals surface area contributed by atoms with Gasteiger partial charge in [0.2, 0.25) is 0 Å². The van der Waals surface area contributed by atoms with Crippen molar-refractivity contribution in [3.05, 3.63) is 15.9 Å². The van der Waals surface area contributed by atoms with Gasteiger partial charge in [-0.1, -0.05) is 6.92 Å². The molecule has 1 rings (SSSR count). The first-order chi connectivity index (χ1) is 9.07. The standard InChI is InChI=1S/C14H26BrN3O/c1-6-12-14(15)13(18(7-2)17-12)9-11(16-4)8-10(3)19-5/h10-11,16H,6-9H2,1-5H3. The minimum atomic E-state index is 0.264. The summed E-state index contributed by atoms with van der Waals surface area (Å²) in [4.78, 5) is 0. The van der Waals surface area contributed by atoms with Crippen molar-refractivity contribution >= 4 is 15.9 Å². The predicted molar refractivity (Wildman–Crippen MR) is 82.6 cm³/mol. The minimum Gasteiger partial charge on any atom is -0.382 e. The van der Waals surface area contributed by atoms with Crippen LogP contribution in [0.2, 0.25) is 0 Å². The number of ether oxygens (including phenoxy) is 1. The zero-order chi connectivity index (χ0) is 14.4. The van der Waals surface area contributed by atoms with Crippen molar-refractivity contribution in [2.45, 2.75) is 58.7 Å². The lowest BCUT2D eigenvalue weighted by Gasteiger charge is -2.20. The van der Waals surface area contributed by atoms with Gasteiger partial charge in [0.1, 0.15) is 0 Å². The molecule has 0 bridgehead atoms. The Labute approximate surface area is 125 Å². The number of nitrogens with one attached hydrogen (secondary N) is 1. The number of aryl methyl sites for hydroxylation is 2. The number of nitrogens with zero attached hydrogens (tertiary/aromatic N) is 2. The highest BCUT2D eigenvalue weighted by atomic mass is 79.9. The highest BCUT2D eigenvalue weighted by Gasteiger charge is 2.19. The average Bonchev–Trinajstić information content (AvgIpc) is 2.73. The van der Waals surface area contributed by atoms with Crippen molar-refractivity contribution in [2.75, 3.05) is 14.2 Å². The third-order valence-corrected chi connectivity index (χ3v) is 4.48. The lowest BCUT2D eigenvalue weighted by Crippen LogP contribution is -2.32. The van der Waals surface area contributed by atoms with Crippen LogP contribution < -0.4 is 5.32 Å². The minimum absolute atomic E-state index is 0.264. The molecule has 1 aromatic rings. The Morgan fingerprint density at radius 1 is 1.42 bits per heavy atom. The van der Waals surface area contributed by atoms with Gasteiger partial charge >= 0.3 is 0 Å². The molecular weight excluding hydrogens is 306 g/mol. The summed E-state index contributed by atoms with van der Waals surface area (Å²) >= 11 is 3.70. The van der Waals surface area contributed by atoms with Crippen molar-refractivity contribution in [3.63, 3.8) is 0 Å². The summed E-state index contributed by atoms with van der Waals surface area (Å²) in [5, 5.41) is 8.02. The summed E-state index contributed by atoms with van der Waals surface area (Å²) < 4.78 is 8.63. The number of aromatic nitrogens is 2. The molecule has 1 heterocycles. The van der Waals surface area contributed by atoms with Crippen LogP contribution in [0, 0.1) is 0 Å². The SMILES string of the molecule is CCc1nn(CC)c(CC(CC(C)OC)NC)c1Br. The highest BCUT2D eigenvalue weighted by molar-refractivity contribution is 9.10. The second-order valence-corrected chi connectivity index (χ2v) is 5.64. The summed E-state index contributed by atoms with van der Waals surface area (Å²) in [5.41, 5.74) is 2.42. The molecule has 0 aliphatic carbocycles. The molecule has 0 radical (unpaired) electrons. The van der Waals surface area contributed by atoms with Crippen molar-refractivity contribution in [2.24, 2.45) is 0 Å². The van der Waals surface area contributed by atoms with Crippen LogP contribution in [0.3, 0.4) is 0 Å². The van der Waals surface area contributed by atoms with Crippen LogP contribution in [-0.4, -0.2) is 36.1 Å². The second kappa shape index (κ2) is 8.02. The van der Waals surface area contributed by atoms with E-state index in [2.05, 4.69) is 51.8 Å². The van der Waals surface area contributed by atoms with Gasteiger partial charge < -0.3 is 10.1 Å². The molecule has 2 atom stereocenters. The van der Waals surface area contributed by atoms with Gasteiger partial charge in [-0.25, -0.2) is 0 Å². The van der Waals surface area contributed by atoms with Crippen LogP contribution >= 0.6 is 15.9 Å². The van der Waals surface area contributed by atoms with Gasteiger partial charge in [-0.2, -0.15) is 5.10 Å². The van der Waals surface area contributed by atoms with E-state index in [-0.39, 0.29) is 6.10 Å². The van der Waals surface area contributed by atoms with E-state index >= 15 is 0 Å². The Balaban J connectivity index is 2.86. The first-order valence-corrected chi connectivity index (χ1v) is 7.80. The molecule has 0 saturated carbocycles. The smallest absolute Gasteiger partial charge is 0.0766 e. The lowest BCUT2D eigenvalue weighted by atomic mass is 10.0. The van der Waals surface area contributed by atoms with Crippen molar-refractivity contribution in [1.29, 1.82) is 0 Å². The predicted octanol–water partition coefficient (Wildman–Crippen LogP) is 2.78. The van der Waals surface area contributed by atoms with Gasteiger partial charge in [0, 0.05) is 26.1 Å². The molecule has 0 spiro atoms. The van der Waals surface area contributed by atoms with Gasteiger partial charge in [0.15, 0.2) is 0 Å². The number of hydrogen-bond acceptors (Lipinski definition) is 3. The van der Waals surface area contributed by atoms with E-state index in [1.165, 1.54) is 10.2 Å². The third-order valence-electron chi connectivity index (χ3n) is 3.56. The molecule has 4 nitrogen and oxygen atoms in total. The molecule has 0 aliphatic heterocycles. The number of rotatable bonds is 8. The maximum Gasteiger partial charge on any atom is 0.0766 e. The molecule has 0 amide bonds. The third kappa shape index (κ3) is 4.29. The molecule has 0 fully saturated rings. The topological polar surface area (TPSA) is 39.1 Å². The van der Waals surface area contributed by atoms with E-state index in [1.807, 2.05) is 7.05 Å². The van der Waals surface area contributed by atoms with E-state index in [9.17, 15) is 0 Å². The molecule has 0 aromatic carbocycles. The molecule has 0 saturated heterocycles. The first-order valence-electron chi connectivity index (χ1n) is 7.01. The van der Waals surface area contributed by atoms with Crippen LogP contribution in [0.1, 0.15) is 38.6 Å². The first kappa shape index (κ1) is 16.7. The van der Waals surface area contributed by atoms with E-state index in [0.29, 0.717) is 6.04 Å². The van der Waals surface area contributed by atoms with Crippen LogP contribution in [0.25, 0.3) is 0 Å². The average molecular weight is 332 g/mol. The number of halogens is 1. The van der Waals surface area contributed by atoms with E-state index in [0.717, 1.165) is 31.5 Å². The zero-order valence-electron chi connectivity index (χ0n) is 12.7. The Morgan fingerprint density at radius 3 is 2.58 bits per heavy atom. The van der Waals surface area contributed by atoms with Crippen molar-refractivity contribution in [1.82, 2.24) is 15.1 Å². The van der Waals surface area contributed by atoms with Crippen LogP contribution in [0.15, 0.2) is 4.47 Å². The number of hydrogen-bond donors (Lipinski definition) is 1. The summed E-state index contributed by atoms with van der Waals surface area (Å²) in [6.45, 7) is 7.28. The fraction of sp³-hybridized carbons (Fsp3) is 0.786. The van der Waals surface area contributed by atoms with Gasteiger partial charge in [-0.3, -0.25) is 4.68 Å². The summed E-state index contributed by atoms with van der Waals surface area (Å²) in [7, 11) is 3.77. The molecule has 5 heteroatoms. The Kier molecular flexibility index (Phi) is 7.04. The highest BCUT2D eigenvalue weighted by Crippen LogP contribution is 2.24. The number of likely N-dealkylation sites (N-methyl/N-ethyl adjacent to an activating group) is 1. The largest absolute Gasteiger partial charge is 0.382 e. The van der Waals surface area contributed by atoms with Crippen LogP contribution in [-0.2, 0) is 24.1 Å². The van der Waals surface area contributed by atoms with E-state index in [4.69, 9.17) is 4.74 Å². The van der Waals surface area contributed by atoms with E-state index < -0.39 is 0 Å². The van der Waals surface area contributed by atoms with Crippen molar-refractivity contribution in [3.8, 4) is 0 Å². The Hall–Kier alpha value is -0.390.